The average Bonchev–Trinajstić information content (AvgIpc) is 2.45. The van der Waals surface area contributed by atoms with Crippen LogP contribution in [0.3, 0.4) is 0 Å². The van der Waals surface area contributed by atoms with E-state index in [1.165, 1.54) is 0 Å². The predicted molar refractivity (Wildman–Crippen MR) is 79.4 cm³/mol. The zero-order chi connectivity index (χ0) is 15.1. The van der Waals surface area contributed by atoms with Crippen LogP contribution in [0, 0.1) is 0 Å². The number of rotatable bonds is 7. The van der Waals surface area contributed by atoms with E-state index in [2.05, 4.69) is 5.32 Å². The Kier molecular flexibility index (Phi) is 6.31. The van der Waals surface area contributed by atoms with E-state index in [9.17, 15) is 4.79 Å². The van der Waals surface area contributed by atoms with E-state index in [-0.39, 0.29) is 11.9 Å². The van der Waals surface area contributed by atoms with Gasteiger partial charge in [-0.05, 0) is 37.6 Å². The highest BCUT2D eigenvalue weighted by Gasteiger charge is 2.13. The normalized spacial score (nSPS) is 11.8. The molecule has 20 heavy (non-hydrogen) atoms. The molecule has 112 valence electrons. The van der Waals surface area contributed by atoms with Crippen molar-refractivity contribution in [1.82, 2.24) is 10.2 Å². The van der Waals surface area contributed by atoms with E-state index in [0.717, 1.165) is 30.0 Å². The summed E-state index contributed by atoms with van der Waals surface area (Å²) in [4.78, 5) is 13.3. The van der Waals surface area contributed by atoms with E-state index in [1.807, 2.05) is 25.1 Å². The largest absolute Gasteiger partial charge is 0.493 e. The van der Waals surface area contributed by atoms with Crippen LogP contribution in [0.5, 0.6) is 11.5 Å². The van der Waals surface area contributed by atoms with Crippen molar-refractivity contribution in [3.63, 3.8) is 0 Å². The van der Waals surface area contributed by atoms with Gasteiger partial charge in [0, 0.05) is 14.1 Å². The van der Waals surface area contributed by atoms with Gasteiger partial charge < -0.3 is 19.7 Å². The molecule has 1 aromatic carbocycles. The molecule has 0 aliphatic rings. The number of benzene rings is 1. The molecule has 1 unspecified atom stereocenters. The van der Waals surface area contributed by atoms with Crippen molar-refractivity contribution >= 4 is 5.91 Å². The summed E-state index contributed by atoms with van der Waals surface area (Å²) in [6, 6.07) is 5.67. The Balaban J connectivity index is 2.52. The first kappa shape index (κ1) is 16.3. The van der Waals surface area contributed by atoms with Crippen LogP contribution >= 0.6 is 0 Å². The lowest BCUT2D eigenvalue weighted by Gasteiger charge is -2.18. The number of ether oxygens (including phenoxy) is 2. The molecule has 5 nitrogen and oxygen atoms in total. The fourth-order valence-electron chi connectivity index (χ4n) is 1.94. The number of nitrogens with one attached hydrogen (secondary N) is 1. The first-order valence-electron chi connectivity index (χ1n) is 6.65. The lowest BCUT2D eigenvalue weighted by molar-refractivity contribution is -0.130. The zero-order valence-corrected chi connectivity index (χ0v) is 12.9. The van der Waals surface area contributed by atoms with Crippen LogP contribution in [-0.4, -0.2) is 51.7 Å². The summed E-state index contributed by atoms with van der Waals surface area (Å²) >= 11 is 0. The third-order valence-corrected chi connectivity index (χ3v) is 3.12. The van der Waals surface area contributed by atoms with Gasteiger partial charge in [0.25, 0.3) is 0 Å². The predicted octanol–water partition coefficient (Wildman–Crippen LogP) is 1.31. The lowest BCUT2D eigenvalue weighted by atomic mass is 10.1. The molecule has 0 spiro atoms. The first-order valence-corrected chi connectivity index (χ1v) is 6.65. The molecule has 0 saturated carbocycles. The van der Waals surface area contributed by atoms with Crippen molar-refractivity contribution in [3.8, 4) is 11.5 Å². The molecular weight excluding hydrogens is 256 g/mol. The number of nitrogens with zero attached hydrogens (tertiary/aromatic N) is 1. The van der Waals surface area contributed by atoms with Crippen LogP contribution in [0.1, 0.15) is 12.5 Å². The summed E-state index contributed by atoms with van der Waals surface area (Å²) in [7, 11) is 6.76. The van der Waals surface area contributed by atoms with Crippen LogP contribution in [-0.2, 0) is 11.2 Å². The molecule has 0 saturated heterocycles. The van der Waals surface area contributed by atoms with E-state index in [1.54, 1.807) is 33.2 Å². The standard InChI is InChI=1S/C15H24N2O3/c1-11(15(18)17(2)3)16-9-8-12-6-7-13(19-4)14(10-12)20-5/h6-7,10-11,16H,8-9H2,1-5H3. The van der Waals surface area contributed by atoms with Crippen molar-refractivity contribution in [2.45, 2.75) is 19.4 Å². The summed E-state index contributed by atoms with van der Waals surface area (Å²) in [6.07, 6.45) is 0.825. The van der Waals surface area contributed by atoms with Gasteiger partial charge in [0.2, 0.25) is 5.91 Å². The van der Waals surface area contributed by atoms with Crippen molar-refractivity contribution in [1.29, 1.82) is 0 Å². The molecule has 0 fully saturated rings. The number of likely N-dealkylation sites (N-methyl/N-ethyl adjacent to an activating group) is 1. The highest BCUT2D eigenvalue weighted by molar-refractivity contribution is 5.80. The molecule has 1 aromatic rings. The molecule has 5 heteroatoms. The van der Waals surface area contributed by atoms with Gasteiger partial charge in [-0.1, -0.05) is 6.07 Å². The lowest BCUT2D eigenvalue weighted by Crippen LogP contribution is -2.42. The fraction of sp³-hybridized carbons (Fsp3) is 0.533. The minimum atomic E-state index is -0.176. The van der Waals surface area contributed by atoms with E-state index in [0.29, 0.717) is 0 Å². The summed E-state index contributed by atoms with van der Waals surface area (Å²) in [6.45, 7) is 2.60. The Labute approximate surface area is 120 Å². The maximum absolute atomic E-state index is 11.7. The Morgan fingerprint density at radius 2 is 1.90 bits per heavy atom. The fourth-order valence-corrected chi connectivity index (χ4v) is 1.94. The summed E-state index contributed by atoms with van der Waals surface area (Å²) in [5.41, 5.74) is 1.14. The van der Waals surface area contributed by atoms with Gasteiger partial charge in [-0.2, -0.15) is 0 Å². The van der Waals surface area contributed by atoms with Gasteiger partial charge in [0.1, 0.15) is 0 Å². The number of methoxy groups -OCH3 is 2. The molecule has 0 aromatic heterocycles. The smallest absolute Gasteiger partial charge is 0.238 e. The monoisotopic (exact) mass is 280 g/mol. The maximum atomic E-state index is 11.7. The Hall–Kier alpha value is -1.75. The van der Waals surface area contributed by atoms with Gasteiger partial charge in [-0.15, -0.1) is 0 Å². The number of amides is 1. The number of carbonyl (C=O) groups excluding carboxylic acids is 1. The third-order valence-electron chi connectivity index (χ3n) is 3.12. The number of carbonyl (C=O) groups is 1. The second-order valence-electron chi connectivity index (χ2n) is 4.85. The molecule has 0 aliphatic carbocycles. The van der Waals surface area contributed by atoms with Crippen molar-refractivity contribution in [2.75, 3.05) is 34.9 Å². The van der Waals surface area contributed by atoms with Crippen LogP contribution in [0.2, 0.25) is 0 Å². The second-order valence-corrected chi connectivity index (χ2v) is 4.85. The summed E-state index contributed by atoms with van der Waals surface area (Å²) in [5, 5.41) is 3.22. The molecule has 1 atom stereocenters. The average molecular weight is 280 g/mol. The molecule has 1 rings (SSSR count). The minimum absolute atomic E-state index is 0.0808. The summed E-state index contributed by atoms with van der Waals surface area (Å²) < 4.78 is 10.5. The molecule has 0 heterocycles. The Morgan fingerprint density at radius 1 is 1.25 bits per heavy atom. The highest BCUT2D eigenvalue weighted by Crippen LogP contribution is 2.27. The maximum Gasteiger partial charge on any atom is 0.238 e. The third kappa shape index (κ3) is 4.42. The molecule has 1 amide bonds. The van der Waals surface area contributed by atoms with E-state index in [4.69, 9.17) is 9.47 Å². The minimum Gasteiger partial charge on any atom is -0.493 e. The summed E-state index contributed by atoms with van der Waals surface area (Å²) in [5.74, 6) is 1.53. The zero-order valence-electron chi connectivity index (χ0n) is 12.9. The van der Waals surface area contributed by atoms with Gasteiger partial charge in [-0.3, -0.25) is 4.79 Å². The van der Waals surface area contributed by atoms with Crippen molar-refractivity contribution in [2.24, 2.45) is 0 Å². The molecule has 1 N–H and O–H groups in total. The Morgan fingerprint density at radius 3 is 2.45 bits per heavy atom. The quantitative estimate of drug-likeness (QED) is 0.818. The second kappa shape index (κ2) is 7.75. The van der Waals surface area contributed by atoms with Crippen molar-refractivity contribution in [3.05, 3.63) is 23.8 Å². The van der Waals surface area contributed by atoms with Crippen LogP contribution in [0.25, 0.3) is 0 Å². The molecule has 0 radical (unpaired) electrons. The number of hydrogen-bond acceptors (Lipinski definition) is 4. The van der Waals surface area contributed by atoms with Gasteiger partial charge >= 0.3 is 0 Å². The van der Waals surface area contributed by atoms with Crippen molar-refractivity contribution < 1.29 is 14.3 Å². The Bertz CT molecular complexity index is 447. The SMILES string of the molecule is COc1ccc(CCNC(C)C(=O)N(C)C)cc1OC. The van der Waals surface area contributed by atoms with E-state index >= 15 is 0 Å². The molecule has 0 aliphatic heterocycles. The van der Waals surface area contributed by atoms with Gasteiger partial charge in [-0.25, -0.2) is 0 Å². The van der Waals surface area contributed by atoms with E-state index < -0.39 is 0 Å². The van der Waals surface area contributed by atoms with Crippen LogP contribution < -0.4 is 14.8 Å². The molecular formula is C15H24N2O3. The van der Waals surface area contributed by atoms with Crippen LogP contribution in [0.15, 0.2) is 18.2 Å². The molecule has 0 bridgehead atoms. The first-order chi connectivity index (χ1) is 9.49. The highest BCUT2D eigenvalue weighted by atomic mass is 16.5. The number of hydrogen-bond donors (Lipinski definition) is 1. The van der Waals surface area contributed by atoms with Gasteiger partial charge in [0.15, 0.2) is 11.5 Å². The van der Waals surface area contributed by atoms with Crippen LogP contribution in [0.4, 0.5) is 0 Å². The topological polar surface area (TPSA) is 50.8 Å². The van der Waals surface area contributed by atoms with Gasteiger partial charge in [0.05, 0.1) is 20.3 Å².